The Balaban J connectivity index is 1.77. The Hall–Kier alpha value is -1.75. The fourth-order valence-corrected chi connectivity index (χ4v) is 2.59. The smallest absolute Gasteiger partial charge is 0.226 e. The van der Waals surface area contributed by atoms with E-state index < -0.39 is 0 Å². The van der Waals surface area contributed by atoms with Crippen LogP contribution in [0.15, 0.2) is 18.2 Å². The van der Waals surface area contributed by atoms with E-state index in [1.54, 1.807) is 25.3 Å². The molecular weight excluding hydrogens is 268 g/mol. The lowest BCUT2D eigenvalue weighted by atomic mass is 9.98. The Kier molecular flexibility index (Phi) is 5.87. The van der Waals surface area contributed by atoms with Gasteiger partial charge in [-0.15, -0.1) is 0 Å². The Morgan fingerprint density at radius 2 is 2.10 bits per heavy atom. The summed E-state index contributed by atoms with van der Waals surface area (Å²) in [5.41, 5.74) is 6.91. The van der Waals surface area contributed by atoms with Crippen LogP contribution in [-0.2, 0) is 9.53 Å². The average molecular weight is 292 g/mol. The first-order valence-electron chi connectivity index (χ1n) is 7.54. The van der Waals surface area contributed by atoms with E-state index >= 15 is 0 Å². The van der Waals surface area contributed by atoms with Gasteiger partial charge in [0.25, 0.3) is 0 Å². The van der Waals surface area contributed by atoms with Crippen molar-refractivity contribution in [2.75, 3.05) is 24.8 Å². The highest BCUT2D eigenvalue weighted by molar-refractivity contribution is 5.92. The number of benzene rings is 1. The molecular formula is C16H24N2O3. The topological polar surface area (TPSA) is 73.6 Å². The first-order chi connectivity index (χ1) is 10.2. The van der Waals surface area contributed by atoms with Crippen molar-refractivity contribution in [1.82, 2.24) is 0 Å². The van der Waals surface area contributed by atoms with Crippen molar-refractivity contribution in [2.45, 2.75) is 44.6 Å². The second-order valence-corrected chi connectivity index (χ2v) is 5.39. The molecule has 0 heterocycles. The summed E-state index contributed by atoms with van der Waals surface area (Å²) < 4.78 is 11.0. The molecule has 1 aliphatic carbocycles. The van der Waals surface area contributed by atoms with Crippen molar-refractivity contribution in [3.05, 3.63) is 18.2 Å². The van der Waals surface area contributed by atoms with Gasteiger partial charge in [0.05, 0.1) is 31.9 Å². The fraction of sp³-hybridized carbons (Fsp3) is 0.562. The summed E-state index contributed by atoms with van der Waals surface area (Å²) in [6.07, 6.45) is 6.67. The number of rotatable bonds is 6. The van der Waals surface area contributed by atoms with E-state index in [1.165, 1.54) is 19.3 Å². The standard InChI is InChI=1S/C16H24N2O3/c1-20-15-8-7-12(17)11-14(15)18-16(19)9-10-21-13-5-3-2-4-6-13/h7-8,11,13H,2-6,9-10,17H2,1H3,(H,18,19). The van der Waals surface area contributed by atoms with Gasteiger partial charge in [-0.3, -0.25) is 4.79 Å². The number of ether oxygens (including phenoxy) is 2. The summed E-state index contributed by atoms with van der Waals surface area (Å²) in [6.45, 7) is 0.459. The van der Waals surface area contributed by atoms with Crippen molar-refractivity contribution in [3.8, 4) is 5.75 Å². The molecule has 0 unspecified atom stereocenters. The molecule has 0 aromatic heterocycles. The Morgan fingerprint density at radius 3 is 2.81 bits per heavy atom. The van der Waals surface area contributed by atoms with Crippen molar-refractivity contribution in [1.29, 1.82) is 0 Å². The van der Waals surface area contributed by atoms with Crippen LogP contribution in [0.2, 0.25) is 0 Å². The van der Waals surface area contributed by atoms with Crippen LogP contribution < -0.4 is 15.8 Å². The van der Waals surface area contributed by atoms with Crippen molar-refractivity contribution < 1.29 is 14.3 Å². The third-order valence-corrected chi connectivity index (χ3v) is 3.73. The minimum Gasteiger partial charge on any atom is -0.495 e. The molecule has 0 aliphatic heterocycles. The van der Waals surface area contributed by atoms with E-state index in [-0.39, 0.29) is 5.91 Å². The summed E-state index contributed by atoms with van der Waals surface area (Å²) in [5, 5.41) is 2.82. The predicted molar refractivity (Wildman–Crippen MR) is 83.5 cm³/mol. The average Bonchev–Trinajstić information content (AvgIpc) is 2.48. The molecule has 1 saturated carbocycles. The fourth-order valence-electron chi connectivity index (χ4n) is 2.59. The molecule has 3 N–H and O–H groups in total. The van der Waals surface area contributed by atoms with Crippen LogP contribution in [0.25, 0.3) is 0 Å². The van der Waals surface area contributed by atoms with E-state index in [0.717, 1.165) is 12.8 Å². The molecule has 1 aromatic carbocycles. The quantitative estimate of drug-likeness (QED) is 0.791. The molecule has 0 atom stereocenters. The molecule has 0 spiro atoms. The van der Waals surface area contributed by atoms with Gasteiger partial charge in [-0.1, -0.05) is 19.3 Å². The second kappa shape index (κ2) is 7.88. The third kappa shape index (κ3) is 4.93. The zero-order valence-electron chi connectivity index (χ0n) is 12.6. The van der Waals surface area contributed by atoms with Crippen LogP contribution in [-0.4, -0.2) is 25.7 Å². The van der Waals surface area contributed by atoms with Gasteiger partial charge in [0.15, 0.2) is 0 Å². The van der Waals surface area contributed by atoms with Gasteiger partial charge < -0.3 is 20.5 Å². The number of nitrogens with two attached hydrogens (primary N) is 1. The largest absolute Gasteiger partial charge is 0.495 e. The Labute approximate surface area is 125 Å². The summed E-state index contributed by atoms with van der Waals surface area (Å²) in [7, 11) is 1.56. The zero-order chi connectivity index (χ0) is 15.1. The van der Waals surface area contributed by atoms with Crippen LogP contribution in [0.1, 0.15) is 38.5 Å². The minimum atomic E-state index is -0.0882. The molecule has 116 valence electrons. The predicted octanol–water partition coefficient (Wildman–Crippen LogP) is 2.96. The maximum Gasteiger partial charge on any atom is 0.226 e. The highest BCUT2D eigenvalue weighted by atomic mass is 16.5. The molecule has 5 heteroatoms. The van der Waals surface area contributed by atoms with Crippen LogP contribution in [0.4, 0.5) is 11.4 Å². The molecule has 21 heavy (non-hydrogen) atoms. The lowest BCUT2D eigenvalue weighted by molar-refractivity contribution is -0.117. The third-order valence-electron chi connectivity index (χ3n) is 3.73. The number of amides is 1. The van der Waals surface area contributed by atoms with Crippen LogP contribution in [0, 0.1) is 0 Å². The summed E-state index contributed by atoms with van der Waals surface area (Å²) >= 11 is 0. The molecule has 1 aromatic rings. The molecule has 5 nitrogen and oxygen atoms in total. The molecule has 1 amide bonds. The number of carbonyl (C=O) groups is 1. The highest BCUT2D eigenvalue weighted by Crippen LogP contribution is 2.26. The van der Waals surface area contributed by atoms with E-state index in [0.29, 0.717) is 36.3 Å². The molecule has 2 rings (SSSR count). The summed E-state index contributed by atoms with van der Waals surface area (Å²) in [5.74, 6) is 0.514. The van der Waals surface area contributed by atoms with Crippen molar-refractivity contribution >= 4 is 17.3 Å². The SMILES string of the molecule is COc1ccc(N)cc1NC(=O)CCOC1CCCCC1. The van der Waals surface area contributed by atoms with Gasteiger partial charge in [-0.2, -0.15) is 0 Å². The van der Waals surface area contributed by atoms with E-state index in [1.807, 2.05) is 0 Å². The van der Waals surface area contributed by atoms with Crippen molar-refractivity contribution in [2.24, 2.45) is 0 Å². The number of carbonyl (C=O) groups excluding carboxylic acids is 1. The Morgan fingerprint density at radius 1 is 1.33 bits per heavy atom. The maximum absolute atomic E-state index is 11.9. The van der Waals surface area contributed by atoms with Gasteiger partial charge in [0, 0.05) is 5.69 Å². The lowest BCUT2D eigenvalue weighted by Crippen LogP contribution is -2.20. The van der Waals surface area contributed by atoms with E-state index in [4.69, 9.17) is 15.2 Å². The highest BCUT2D eigenvalue weighted by Gasteiger charge is 2.14. The van der Waals surface area contributed by atoms with Gasteiger partial charge in [-0.05, 0) is 31.0 Å². The number of hydrogen-bond acceptors (Lipinski definition) is 4. The normalized spacial score (nSPS) is 15.7. The van der Waals surface area contributed by atoms with E-state index in [9.17, 15) is 4.79 Å². The van der Waals surface area contributed by atoms with Crippen molar-refractivity contribution in [3.63, 3.8) is 0 Å². The van der Waals surface area contributed by atoms with Crippen LogP contribution in [0.3, 0.4) is 0 Å². The van der Waals surface area contributed by atoms with Gasteiger partial charge >= 0.3 is 0 Å². The summed E-state index contributed by atoms with van der Waals surface area (Å²) in [6, 6.07) is 5.17. The van der Waals surface area contributed by atoms with Gasteiger partial charge in [-0.25, -0.2) is 0 Å². The maximum atomic E-state index is 11.9. The van der Waals surface area contributed by atoms with Gasteiger partial charge in [0.2, 0.25) is 5.91 Å². The summed E-state index contributed by atoms with van der Waals surface area (Å²) in [4.78, 5) is 11.9. The van der Waals surface area contributed by atoms with Crippen LogP contribution in [0.5, 0.6) is 5.75 Å². The number of methoxy groups -OCH3 is 1. The lowest BCUT2D eigenvalue weighted by Gasteiger charge is -2.21. The van der Waals surface area contributed by atoms with Gasteiger partial charge in [0.1, 0.15) is 5.75 Å². The van der Waals surface area contributed by atoms with Crippen LogP contribution >= 0.6 is 0 Å². The zero-order valence-corrected chi connectivity index (χ0v) is 12.6. The molecule has 0 saturated heterocycles. The number of anilines is 2. The molecule has 0 radical (unpaired) electrons. The molecule has 0 bridgehead atoms. The monoisotopic (exact) mass is 292 g/mol. The number of nitrogens with one attached hydrogen (secondary N) is 1. The van der Waals surface area contributed by atoms with E-state index in [2.05, 4.69) is 5.32 Å². The number of hydrogen-bond donors (Lipinski definition) is 2. The first-order valence-corrected chi connectivity index (χ1v) is 7.54. The molecule has 1 aliphatic rings. The Bertz CT molecular complexity index is 471. The number of nitrogen functional groups attached to an aromatic ring is 1. The molecule has 1 fully saturated rings. The first kappa shape index (κ1) is 15.6. The minimum absolute atomic E-state index is 0.0882. The second-order valence-electron chi connectivity index (χ2n) is 5.39.